The van der Waals surface area contributed by atoms with Crippen LogP contribution in [0, 0.1) is 30.6 Å². The molecule has 0 atom stereocenters. The first kappa shape index (κ1) is 10.7. The highest BCUT2D eigenvalue weighted by Crippen LogP contribution is 2.54. The van der Waals surface area contributed by atoms with E-state index in [9.17, 15) is 0 Å². The molecule has 0 radical (unpaired) electrons. The van der Waals surface area contributed by atoms with Crippen molar-refractivity contribution in [3.8, 4) is 5.75 Å². The van der Waals surface area contributed by atoms with Crippen LogP contribution in [0.15, 0.2) is 4.52 Å². The van der Waals surface area contributed by atoms with Gasteiger partial charge in [0.25, 0.3) is 5.88 Å². The molecule has 98 valence electrons. The van der Waals surface area contributed by atoms with Crippen LogP contribution >= 0.6 is 0 Å². The third-order valence-electron chi connectivity index (χ3n) is 5.23. The molecule has 18 heavy (non-hydrogen) atoms. The van der Waals surface area contributed by atoms with Gasteiger partial charge in [-0.25, -0.2) is 0 Å². The Labute approximate surface area is 107 Å². The average Bonchev–Trinajstić information content (AvgIpc) is 2.64. The van der Waals surface area contributed by atoms with Crippen LogP contribution in [-0.2, 0) is 0 Å². The highest BCUT2D eigenvalue weighted by atomic mass is 16.5. The first-order valence-electron chi connectivity index (χ1n) is 7.09. The van der Waals surface area contributed by atoms with Gasteiger partial charge in [0.05, 0.1) is 0 Å². The van der Waals surface area contributed by atoms with Gasteiger partial charge in [-0.2, -0.15) is 0 Å². The SMILES string of the molecule is Cc1noc(N)c1OC1C2CC3CC(C2)CC1C3. The molecular weight excluding hydrogens is 228 g/mol. The van der Waals surface area contributed by atoms with Crippen molar-refractivity contribution in [1.82, 2.24) is 5.16 Å². The van der Waals surface area contributed by atoms with Gasteiger partial charge in [-0.05, 0) is 62.7 Å². The Balaban J connectivity index is 1.59. The Kier molecular flexibility index (Phi) is 2.17. The summed E-state index contributed by atoms with van der Waals surface area (Å²) in [5, 5.41) is 3.87. The maximum atomic E-state index is 6.21. The van der Waals surface area contributed by atoms with Crippen LogP contribution in [0.4, 0.5) is 5.88 Å². The Hall–Kier alpha value is -1.19. The molecule has 1 aromatic rings. The minimum Gasteiger partial charge on any atom is -0.483 e. The lowest BCUT2D eigenvalue weighted by atomic mass is 9.55. The van der Waals surface area contributed by atoms with Gasteiger partial charge >= 0.3 is 0 Å². The fourth-order valence-electron chi connectivity index (χ4n) is 4.73. The van der Waals surface area contributed by atoms with Crippen molar-refractivity contribution in [1.29, 1.82) is 0 Å². The second-order valence-electron chi connectivity index (χ2n) is 6.47. The second-order valence-corrected chi connectivity index (χ2v) is 6.47. The highest BCUT2D eigenvalue weighted by Gasteiger charge is 2.49. The molecule has 0 aromatic carbocycles. The van der Waals surface area contributed by atoms with E-state index < -0.39 is 0 Å². The maximum Gasteiger partial charge on any atom is 0.264 e. The zero-order valence-corrected chi connectivity index (χ0v) is 10.8. The van der Waals surface area contributed by atoms with E-state index >= 15 is 0 Å². The Morgan fingerprint density at radius 3 is 2.22 bits per heavy atom. The van der Waals surface area contributed by atoms with E-state index in [-0.39, 0.29) is 0 Å². The summed E-state index contributed by atoms with van der Waals surface area (Å²) in [5.74, 6) is 4.42. The van der Waals surface area contributed by atoms with Gasteiger partial charge in [-0.1, -0.05) is 5.16 Å². The molecule has 1 aromatic heterocycles. The number of rotatable bonds is 2. The summed E-state index contributed by atoms with van der Waals surface area (Å²) >= 11 is 0. The van der Waals surface area contributed by atoms with Gasteiger partial charge in [0.15, 0.2) is 0 Å². The van der Waals surface area contributed by atoms with Crippen molar-refractivity contribution in [2.45, 2.75) is 45.1 Å². The van der Waals surface area contributed by atoms with Gasteiger partial charge in [-0.15, -0.1) is 0 Å². The molecule has 4 fully saturated rings. The second kappa shape index (κ2) is 3.65. The summed E-state index contributed by atoms with van der Waals surface area (Å²) in [7, 11) is 0. The molecule has 4 heteroatoms. The van der Waals surface area contributed by atoms with E-state index in [2.05, 4.69) is 5.16 Å². The number of aromatic nitrogens is 1. The summed E-state index contributed by atoms with van der Waals surface area (Å²) in [6.45, 7) is 1.89. The molecule has 4 saturated carbocycles. The summed E-state index contributed by atoms with van der Waals surface area (Å²) in [6.07, 6.45) is 7.21. The van der Waals surface area contributed by atoms with Gasteiger partial charge in [-0.3, -0.25) is 0 Å². The fraction of sp³-hybridized carbons (Fsp3) is 0.786. The standard InChI is InChI=1S/C14H20N2O2/c1-7-12(14(15)18-16-7)17-13-10-3-8-2-9(5-10)6-11(13)4-8/h8-11,13H,2-6,15H2,1H3. The lowest BCUT2D eigenvalue weighted by Gasteiger charge is -2.53. The molecule has 0 spiro atoms. The first-order valence-corrected chi connectivity index (χ1v) is 7.09. The minimum absolute atomic E-state index is 0.335. The smallest absolute Gasteiger partial charge is 0.264 e. The summed E-state index contributed by atoms with van der Waals surface area (Å²) < 4.78 is 11.2. The predicted molar refractivity (Wildman–Crippen MR) is 67.1 cm³/mol. The third kappa shape index (κ3) is 1.47. The summed E-state index contributed by atoms with van der Waals surface area (Å²) in [6, 6.07) is 0. The molecule has 4 nitrogen and oxygen atoms in total. The predicted octanol–water partition coefficient (Wildman–Crippen LogP) is 2.77. The van der Waals surface area contributed by atoms with Crippen LogP contribution in [0.2, 0.25) is 0 Å². The lowest BCUT2D eigenvalue weighted by Crippen LogP contribution is -2.50. The molecule has 0 amide bonds. The normalized spacial score (nSPS) is 41.3. The quantitative estimate of drug-likeness (QED) is 0.874. The van der Waals surface area contributed by atoms with Crippen molar-refractivity contribution >= 4 is 5.88 Å². The van der Waals surface area contributed by atoms with E-state index in [1.54, 1.807) is 0 Å². The largest absolute Gasteiger partial charge is 0.483 e. The molecule has 4 aliphatic rings. The first-order chi connectivity index (χ1) is 8.70. The molecule has 4 aliphatic carbocycles. The minimum atomic E-state index is 0.335. The molecule has 1 heterocycles. The third-order valence-corrected chi connectivity index (χ3v) is 5.23. The van der Waals surface area contributed by atoms with E-state index in [0.29, 0.717) is 17.7 Å². The fourth-order valence-corrected chi connectivity index (χ4v) is 4.73. The number of anilines is 1. The number of nitrogens with zero attached hydrogens (tertiary/aromatic N) is 1. The van der Waals surface area contributed by atoms with Gasteiger partial charge in [0.2, 0.25) is 5.75 Å². The van der Waals surface area contributed by atoms with Crippen molar-refractivity contribution < 1.29 is 9.26 Å². The Morgan fingerprint density at radius 2 is 1.72 bits per heavy atom. The van der Waals surface area contributed by atoms with Crippen molar-refractivity contribution in [3.05, 3.63) is 5.69 Å². The molecule has 5 rings (SSSR count). The van der Waals surface area contributed by atoms with E-state index in [1.165, 1.54) is 32.1 Å². The monoisotopic (exact) mass is 248 g/mol. The van der Waals surface area contributed by atoms with Crippen molar-refractivity contribution in [2.75, 3.05) is 5.73 Å². The van der Waals surface area contributed by atoms with Gasteiger partial charge in [0, 0.05) is 0 Å². The van der Waals surface area contributed by atoms with E-state index in [1.807, 2.05) is 6.92 Å². The molecule has 2 N–H and O–H groups in total. The van der Waals surface area contributed by atoms with Crippen LogP contribution in [-0.4, -0.2) is 11.3 Å². The maximum absolute atomic E-state index is 6.21. The molecule has 0 saturated heterocycles. The molecule has 0 aliphatic heterocycles. The van der Waals surface area contributed by atoms with Gasteiger partial charge in [0.1, 0.15) is 11.8 Å². The summed E-state index contributed by atoms with van der Waals surface area (Å²) in [4.78, 5) is 0. The van der Waals surface area contributed by atoms with Crippen LogP contribution in [0.3, 0.4) is 0 Å². The van der Waals surface area contributed by atoms with Crippen LogP contribution in [0.5, 0.6) is 5.75 Å². The Bertz CT molecular complexity index is 421. The number of hydrogen-bond acceptors (Lipinski definition) is 4. The van der Waals surface area contributed by atoms with Gasteiger partial charge < -0.3 is 15.0 Å². The van der Waals surface area contributed by atoms with Crippen molar-refractivity contribution in [3.63, 3.8) is 0 Å². The zero-order chi connectivity index (χ0) is 12.3. The Morgan fingerprint density at radius 1 is 1.11 bits per heavy atom. The number of aryl methyl sites for hydroxylation is 1. The highest BCUT2D eigenvalue weighted by molar-refractivity contribution is 5.45. The topological polar surface area (TPSA) is 61.3 Å². The number of hydrogen-bond donors (Lipinski definition) is 1. The van der Waals surface area contributed by atoms with Crippen LogP contribution < -0.4 is 10.5 Å². The number of nitrogen functional groups attached to an aromatic ring is 1. The summed E-state index contributed by atoms with van der Waals surface area (Å²) in [5.41, 5.74) is 6.57. The number of nitrogens with two attached hydrogens (primary N) is 1. The van der Waals surface area contributed by atoms with E-state index in [4.69, 9.17) is 15.0 Å². The zero-order valence-electron chi connectivity index (χ0n) is 10.8. The molecule has 0 unspecified atom stereocenters. The van der Waals surface area contributed by atoms with Crippen LogP contribution in [0.25, 0.3) is 0 Å². The number of ether oxygens (including phenoxy) is 1. The van der Waals surface area contributed by atoms with Crippen LogP contribution in [0.1, 0.15) is 37.8 Å². The van der Waals surface area contributed by atoms with Crippen molar-refractivity contribution in [2.24, 2.45) is 23.7 Å². The lowest BCUT2D eigenvalue weighted by molar-refractivity contribution is -0.0790. The molecule has 4 bridgehead atoms. The average molecular weight is 248 g/mol. The van der Waals surface area contributed by atoms with E-state index in [0.717, 1.165) is 29.4 Å². The molecular formula is C14H20N2O2.